The van der Waals surface area contributed by atoms with Crippen molar-refractivity contribution in [3.05, 3.63) is 88.1 Å². The highest BCUT2D eigenvalue weighted by Gasteiger charge is 2.42. The number of piperazine rings is 1. The van der Waals surface area contributed by atoms with Crippen LogP contribution in [-0.2, 0) is 20.9 Å². The van der Waals surface area contributed by atoms with Gasteiger partial charge < -0.3 is 24.2 Å². The summed E-state index contributed by atoms with van der Waals surface area (Å²) in [5.74, 6) is 0.366. The van der Waals surface area contributed by atoms with E-state index in [0.717, 1.165) is 35.1 Å². The number of carbonyl (C=O) groups is 2. The van der Waals surface area contributed by atoms with E-state index in [-0.39, 0.29) is 12.3 Å². The van der Waals surface area contributed by atoms with Gasteiger partial charge in [-0.05, 0) is 42.1 Å². The van der Waals surface area contributed by atoms with Crippen LogP contribution in [0.25, 0.3) is 0 Å². The second-order valence-electron chi connectivity index (χ2n) is 9.81. The molecular formula is C30H34N4O4S. The van der Waals surface area contributed by atoms with E-state index < -0.39 is 12.0 Å². The molecule has 0 aromatic heterocycles. The number of benzene rings is 2. The number of rotatable bonds is 8. The number of hydrogen-bond donors (Lipinski definition) is 0. The number of esters is 1. The van der Waals surface area contributed by atoms with Crippen LogP contribution in [0.5, 0.6) is 5.75 Å². The number of allylic oxidation sites excluding steroid dienone is 1. The number of methoxy groups -OCH3 is 1. The van der Waals surface area contributed by atoms with Crippen molar-refractivity contribution in [3.8, 4) is 5.75 Å². The maximum atomic E-state index is 13.3. The number of hydrogen-bond acceptors (Lipinski definition) is 8. The van der Waals surface area contributed by atoms with Crippen LogP contribution >= 0.6 is 11.8 Å². The quantitative estimate of drug-likeness (QED) is 0.449. The molecule has 1 atom stereocenters. The summed E-state index contributed by atoms with van der Waals surface area (Å²) in [4.78, 5) is 37.5. The van der Waals surface area contributed by atoms with Crippen molar-refractivity contribution in [2.45, 2.75) is 32.4 Å². The van der Waals surface area contributed by atoms with Crippen LogP contribution in [0.3, 0.4) is 0 Å². The molecule has 204 valence electrons. The molecule has 1 fully saturated rings. The van der Waals surface area contributed by atoms with Gasteiger partial charge in [0.1, 0.15) is 12.4 Å². The lowest BCUT2D eigenvalue weighted by Crippen LogP contribution is -2.47. The third-order valence-corrected chi connectivity index (χ3v) is 8.13. The molecule has 0 N–H and O–H groups in total. The van der Waals surface area contributed by atoms with Crippen molar-refractivity contribution >= 4 is 28.8 Å². The van der Waals surface area contributed by atoms with Gasteiger partial charge in [0.2, 0.25) is 5.91 Å². The SMILES string of the molecule is CCC1=C(C(=O)OC)C(c2cccc(OCc3ccccc3)c2)N2C(CC(=O)N3CCN(C)CC3)=CSC2=N1. The number of nitrogens with zero attached hydrogens (tertiary/aromatic N) is 4. The van der Waals surface area contributed by atoms with E-state index in [9.17, 15) is 9.59 Å². The highest BCUT2D eigenvalue weighted by atomic mass is 32.2. The molecule has 3 aliphatic rings. The molecule has 1 unspecified atom stereocenters. The van der Waals surface area contributed by atoms with Crippen LogP contribution in [0.2, 0.25) is 0 Å². The van der Waals surface area contributed by atoms with Crippen LogP contribution in [0.4, 0.5) is 0 Å². The minimum absolute atomic E-state index is 0.0831. The van der Waals surface area contributed by atoms with Crippen LogP contribution in [-0.4, -0.2) is 72.1 Å². The van der Waals surface area contributed by atoms with Gasteiger partial charge >= 0.3 is 5.97 Å². The average Bonchev–Trinajstić information content (AvgIpc) is 3.37. The van der Waals surface area contributed by atoms with Crippen LogP contribution < -0.4 is 4.74 Å². The second kappa shape index (κ2) is 12.1. The lowest BCUT2D eigenvalue weighted by atomic mass is 9.92. The molecule has 5 rings (SSSR count). The van der Waals surface area contributed by atoms with Crippen molar-refractivity contribution in [1.82, 2.24) is 14.7 Å². The Morgan fingerprint density at radius 1 is 1.05 bits per heavy atom. The smallest absolute Gasteiger partial charge is 0.338 e. The van der Waals surface area contributed by atoms with Gasteiger partial charge in [-0.1, -0.05) is 61.2 Å². The van der Waals surface area contributed by atoms with Crippen molar-refractivity contribution in [1.29, 1.82) is 0 Å². The number of carbonyl (C=O) groups excluding carboxylic acids is 2. The van der Waals surface area contributed by atoms with E-state index in [0.29, 0.717) is 43.1 Å². The molecule has 0 aliphatic carbocycles. The van der Waals surface area contributed by atoms with E-state index in [1.807, 2.05) is 76.7 Å². The van der Waals surface area contributed by atoms with Gasteiger partial charge in [-0.25, -0.2) is 9.79 Å². The van der Waals surface area contributed by atoms with Crippen LogP contribution in [0.15, 0.2) is 82.0 Å². The largest absolute Gasteiger partial charge is 0.489 e. The maximum absolute atomic E-state index is 13.3. The van der Waals surface area contributed by atoms with Crippen molar-refractivity contribution < 1.29 is 19.1 Å². The maximum Gasteiger partial charge on any atom is 0.338 e. The van der Waals surface area contributed by atoms with Crippen LogP contribution in [0, 0.1) is 0 Å². The molecule has 2 aromatic rings. The topological polar surface area (TPSA) is 74.7 Å². The van der Waals surface area contributed by atoms with E-state index in [2.05, 4.69) is 11.9 Å². The fourth-order valence-corrected chi connectivity index (χ4v) is 6.00. The standard InChI is InChI=1S/C30H34N4O4S/c1-4-25-27(29(36)37-3)28(22-11-8-12-24(17-22)38-19-21-9-6-5-7-10-21)34-23(20-39-30(34)31-25)18-26(35)33-15-13-32(2)14-16-33/h5-12,17,20,28H,4,13-16,18-19H2,1-3H3. The monoisotopic (exact) mass is 546 g/mol. The summed E-state index contributed by atoms with van der Waals surface area (Å²) in [6.07, 6.45) is 0.824. The fraction of sp³-hybridized carbons (Fsp3) is 0.367. The summed E-state index contributed by atoms with van der Waals surface area (Å²) in [5, 5.41) is 2.75. The Kier molecular flexibility index (Phi) is 8.38. The summed E-state index contributed by atoms with van der Waals surface area (Å²) in [7, 11) is 3.47. The number of aliphatic imine (C=N–C) groups is 1. The van der Waals surface area contributed by atoms with E-state index in [1.165, 1.54) is 18.9 Å². The minimum atomic E-state index is -0.485. The highest BCUT2D eigenvalue weighted by molar-refractivity contribution is 8.16. The minimum Gasteiger partial charge on any atom is -0.489 e. The van der Waals surface area contributed by atoms with Crippen molar-refractivity contribution in [2.24, 2.45) is 4.99 Å². The molecule has 0 radical (unpaired) electrons. The molecule has 0 bridgehead atoms. The van der Waals surface area contributed by atoms with Gasteiger partial charge in [0.25, 0.3) is 0 Å². The van der Waals surface area contributed by atoms with Gasteiger partial charge in [0, 0.05) is 31.9 Å². The number of likely N-dealkylation sites (N-methyl/N-ethyl adjacent to an activating group) is 1. The van der Waals surface area contributed by atoms with Crippen molar-refractivity contribution in [2.75, 3.05) is 40.3 Å². The molecular weight excluding hydrogens is 512 g/mol. The Morgan fingerprint density at radius 2 is 1.82 bits per heavy atom. The Balaban J connectivity index is 1.46. The first kappa shape index (κ1) is 27.0. The molecule has 8 nitrogen and oxygen atoms in total. The van der Waals surface area contributed by atoms with E-state index >= 15 is 0 Å². The number of amidine groups is 1. The first-order valence-electron chi connectivity index (χ1n) is 13.3. The average molecular weight is 547 g/mol. The summed E-state index contributed by atoms with van der Waals surface area (Å²) in [6.45, 7) is 5.58. The van der Waals surface area contributed by atoms with Crippen molar-refractivity contribution in [3.63, 3.8) is 0 Å². The second-order valence-corrected chi connectivity index (χ2v) is 10.6. The molecule has 9 heteroatoms. The Bertz CT molecular complexity index is 1320. The molecule has 3 heterocycles. The summed E-state index contributed by atoms with van der Waals surface area (Å²) in [6, 6.07) is 17.3. The molecule has 0 saturated carbocycles. The predicted molar refractivity (Wildman–Crippen MR) is 153 cm³/mol. The normalized spacial score (nSPS) is 19.4. The van der Waals surface area contributed by atoms with Crippen LogP contribution in [0.1, 0.15) is 36.9 Å². The molecule has 0 spiro atoms. The highest BCUT2D eigenvalue weighted by Crippen LogP contribution is 2.46. The molecule has 1 amide bonds. The van der Waals surface area contributed by atoms with Gasteiger partial charge in [0.05, 0.1) is 30.8 Å². The summed E-state index contributed by atoms with van der Waals surface area (Å²) in [5.41, 5.74) is 3.97. The van der Waals surface area contributed by atoms with E-state index in [4.69, 9.17) is 14.5 Å². The van der Waals surface area contributed by atoms with Gasteiger partial charge in [-0.3, -0.25) is 4.79 Å². The zero-order chi connectivity index (χ0) is 27.4. The van der Waals surface area contributed by atoms with E-state index in [1.54, 1.807) is 0 Å². The fourth-order valence-electron chi connectivity index (χ4n) is 5.07. The third kappa shape index (κ3) is 5.89. The molecule has 39 heavy (non-hydrogen) atoms. The number of thioether (sulfide) groups is 1. The van der Waals surface area contributed by atoms with Gasteiger partial charge in [0.15, 0.2) is 5.17 Å². The number of amides is 1. The predicted octanol–water partition coefficient (Wildman–Crippen LogP) is 4.57. The molecule has 3 aliphatic heterocycles. The summed E-state index contributed by atoms with van der Waals surface area (Å²) < 4.78 is 11.4. The lowest BCUT2D eigenvalue weighted by Gasteiger charge is -2.37. The summed E-state index contributed by atoms with van der Waals surface area (Å²) >= 11 is 1.49. The number of fused-ring (bicyclic) bond motifs is 1. The first-order valence-corrected chi connectivity index (χ1v) is 14.1. The molecule has 2 aromatic carbocycles. The first-order chi connectivity index (χ1) is 19.0. The third-order valence-electron chi connectivity index (χ3n) is 7.24. The number of ether oxygens (including phenoxy) is 2. The lowest BCUT2D eigenvalue weighted by molar-refractivity contribution is -0.136. The zero-order valence-corrected chi connectivity index (χ0v) is 23.4. The Labute approximate surface area is 234 Å². The Hall–Kier alpha value is -3.56. The van der Waals surface area contributed by atoms with Gasteiger partial charge in [-0.15, -0.1) is 0 Å². The Morgan fingerprint density at radius 3 is 2.54 bits per heavy atom. The zero-order valence-electron chi connectivity index (χ0n) is 22.6. The van der Waals surface area contributed by atoms with Gasteiger partial charge in [-0.2, -0.15) is 0 Å². The molecule has 1 saturated heterocycles.